The maximum atomic E-state index is 12.6. The number of aliphatic hydroxyl groups excluding tert-OH is 2. The molecular formula is C29H39N3O6. The number of fused-ring (bicyclic) bond motifs is 5. The number of aliphatic hydroxyl groups is 3. The molecule has 0 aliphatic heterocycles. The van der Waals surface area contributed by atoms with E-state index in [0.717, 1.165) is 37.0 Å². The summed E-state index contributed by atoms with van der Waals surface area (Å²) >= 11 is 0. The lowest BCUT2D eigenvalue weighted by atomic mass is 9.45. The number of carbonyl (C=O) groups is 2. The van der Waals surface area contributed by atoms with E-state index in [4.69, 9.17) is 4.84 Å². The van der Waals surface area contributed by atoms with Crippen molar-refractivity contribution in [3.05, 3.63) is 41.7 Å². The quantitative estimate of drug-likeness (QED) is 0.400. The number of ketones is 1. The van der Waals surface area contributed by atoms with Gasteiger partial charge in [-0.3, -0.25) is 14.6 Å². The number of aromatic nitrogens is 1. The minimum absolute atomic E-state index is 0.0357. The van der Waals surface area contributed by atoms with E-state index in [9.17, 15) is 24.9 Å². The molecule has 4 aliphatic rings. The summed E-state index contributed by atoms with van der Waals surface area (Å²) in [5, 5.41) is 39.4. The van der Waals surface area contributed by atoms with Crippen LogP contribution in [0.2, 0.25) is 0 Å². The summed E-state index contributed by atoms with van der Waals surface area (Å²) in [5.41, 5.74) is 0.487. The Kier molecular flexibility index (Phi) is 7.22. The van der Waals surface area contributed by atoms with Gasteiger partial charge in [0.1, 0.15) is 12.2 Å². The number of amides is 1. The zero-order chi connectivity index (χ0) is 27.1. The zero-order valence-corrected chi connectivity index (χ0v) is 22.2. The largest absolute Gasteiger partial charge is 0.393 e. The summed E-state index contributed by atoms with van der Waals surface area (Å²) in [7, 11) is 0. The molecule has 0 radical (unpaired) electrons. The Morgan fingerprint density at radius 2 is 1.95 bits per heavy atom. The van der Waals surface area contributed by atoms with Crippen molar-refractivity contribution in [1.29, 1.82) is 0 Å². The molecule has 9 heteroatoms. The number of allylic oxidation sites excluding steroid dienone is 2. The molecule has 3 saturated carbocycles. The summed E-state index contributed by atoms with van der Waals surface area (Å²) in [5.74, 6) is -0.414. The van der Waals surface area contributed by atoms with E-state index in [1.54, 1.807) is 12.4 Å². The van der Waals surface area contributed by atoms with Gasteiger partial charge in [-0.1, -0.05) is 24.6 Å². The van der Waals surface area contributed by atoms with Crippen molar-refractivity contribution in [3.8, 4) is 0 Å². The van der Waals surface area contributed by atoms with Gasteiger partial charge >= 0.3 is 0 Å². The zero-order valence-electron chi connectivity index (χ0n) is 22.2. The molecule has 1 amide bonds. The minimum atomic E-state index is -1.58. The Morgan fingerprint density at radius 1 is 1.18 bits per heavy atom. The van der Waals surface area contributed by atoms with Crippen molar-refractivity contribution in [3.63, 3.8) is 0 Å². The maximum Gasteiger partial charge on any atom is 0.261 e. The van der Waals surface area contributed by atoms with Gasteiger partial charge in [0.05, 0.1) is 11.8 Å². The number of nitrogens with one attached hydrogen (secondary N) is 1. The normalized spacial score (nSPS) is 39.0. The van der Waals surface area contributed by atoms with Gasteiger partial charge in [0.25, 0.3) is 5.91 Å². The fraction of sp³-hybridized carbons (Fsp3) is 0.655. The minimum Gasteiger partial charge on any atom is -0.393 e. The van der Waals surface area contributed by atoms with Crippen molar-refractivity contribution >= 4 is 17.4 Å². The van der Waals surface area contributed by atoms with E-state index >= 15 is 0 Å². The second-order valence-corrected chi connectivity index (χ2v) is 12.1. The molecule has 1 aromatic rings. The number of rotatable bonds is 7. The molecule has 4 aliphatic carbocycles. The highest BCUT2D eigenvalue weighted by Gasteiger charge is 2.68. The van der Waals surface area contributed by atoms with Crippen LogP contribution in [0, 0.1) is 28.6 Å². The van der Waals surface area contributed by atoms with Crippen LogP contribution in [0.5, 0.6) is 0 Å². The topological polar surface area (TPSA) is 141 Å². The Morgan fingerprint density at radius 3 is 2.68 bits per heavy atom. The van der Waals surface area contributed by atoms with Gasteiger partial charge in [0, 0.05) is 24.4 Å². The van der Waals surface area contributed by atoms with Crippen molar-refractivity contribution in [1.82, 2.24) is 10.3 Å². The first kappa shape index (κ1) is 27.0. The molecule has 3 fully saturated rings. The highest BCUT2D eigenvalue weighted by atomic mass is 16.6. The second kappa shape index (κ2) is 10.2. The van der Waals surface area contributed by atoms with Crippen molar-refractivity contribution in [2.45, 2.75) is 77.0 Å². The fourth-order valence-electron chi connectivity index (χ4n) is 8.29. The highest BCUT2D eigenvalue weighted by molar-refractivity contribution is 5.96. The van der Waals surface area contributed by atoms with Crippen LogP contribution < -0.4 is 5.32 Å². The van der Waals surface area contributed by atoms with Crippen molar-refractivity contribution in [2.75, 3.05) is 13.2 Å². The van der Waals surface area contributed by atoms with Crippen molar-refractivity contribution in [2.24, 2.45) is 33.7 Å². The third-order valence-corrected chi connectivity index (χ3v) is 10.3. The molecular weight excluding hydrogens is 486 g/mol. The van der Waals surface area contributed by atoms with E-state index < -0.39 is 29.5 Å². The van der Waals surface area contributed by atoms with Crippen LogP contribution in [-0.4, -0.2) is 62.6 Å². The average molecular weight is 526 g/mol. The van der Waals surface area contributed by atoms with Gasteiger partial charge in [-0.05, 0) is 91.9 Å². The number of pyridine rings is 1. The second-order valence-electron chi connectivity index (χ2n) is 12.1. The maximum absolute atomic E-state index is 12.6. The lowest BCUT2D eigenvalue weighted by molar-refractivity contribution is -0.181. The molecule has 0 unspecified atom stereocenters. The summed E-state index contributed by atoms with van der Waals surface area (Å²) in [6.45, 7) is 3.73. The van der Waals surface area contributed by atoms with E-state index in [-0.39, 0.29) is 35.7 Å². The van der Waals surface area contributed by atoms with E-state index in [1.165, 1.54) is 5.57 Å². The predicted molar refractivity (Wildman–Crippen MR) is 140 cm³/mol. The Labute approximate surface area is 223 Å². The van der Waals surface area contributed by atoms with Crippen LogP contribution in [-0.2, 0) is 21.0 Å². The smallest absolute Gasteiger partial charge is 0.261 e. The Bertz CT molecular complexity index is 1140. The first-order chi connectivity index (χ1) is 18.1. The average Bonchev–Trinajstić information content (AvgIpc) is 3.18. The van der Waals surface area contributed by atoms with Gasteiger partial charge in [-0.15, -0.1) is 0 Å². The third-order valence-electron chi connectivity index (χ3n) is 10.3. The molecule has 1 aromatic heterocycles. The van der Waals surface area contributed by atoms with Gasteiger partial charge in [0.15, 0.2) is 12.4 Å². The number of carbonyl (C=O) groups excluding carboxylic acids is 2. The monoisotopic (exact) mass is 525 g/mol. The molecule has 4 N–H and O–H groups in total. The summed E-state index contributed by atoms with van der Waals surface area (Å²) in [6, 6.07) is 3.68. The molecule has 0 bridgehead atoms. The predicted octanol–water partition coefficient (Wildman–Crippen LogP) is 2.30. The summed E-state index contributed by atoms with van der Waals surface area (Å²) < 4.78 is 0. The molecule has 0 saturated heterocycles. The first-order valence-corrected chi connectivity index (χ1v) is 13.7. The highest BCUT2D eigenvalue weighted by Crippen LogP contribution is 2.67. The van der Waals surface area contributed by atoms with Gasteiger partial charge in [-0.2, -0.15) is 0 Å². The lowest BCUT2D eigenvalue weighted by Gasteiger charge is -2.60. The molecule has 0 spiro atoms. The lowest BCUT2D eigenvalue weighted by Crippen LogP contribution is -2.62. The number of nitrogens with zero attached hydrogens (tertiary/aromatic N) is 2. The molecule has 5 rings (SSSR count). The standard InChI is InChI=1S/C29H39N3O6/c1-27-9-5-20(32-38-17-25(36)31-15-18-7-11-30-12-8-18)13-19(27)3-4-21-22-6-10-29(37,24(35)16-33)28(22,2)14-23(34)26(21)27/h7-8,11-13,21-23,26,33-34,37H,3-6,9-10,14-17H2,1-2H3,(H,31,36)/b32-20+/t21-,22-,23-,26+,27-,28-,29-/m0/s1. The number of Topliss-reactive ketones (excluding diaryl/α,β-unsaturated/α-hetero) is 1. The number of hydrogen-bond acceptors (Lipinski definition) is 8. The molecule has 38 heavy (non-hydrogen) atoms. The van der Waals surface area contributed by atoms with Crippen molar-refractivity contribution < 1.29 is 29.7 Å². The fourth-order valence-corrected chi connectivity index (χ4v) is 8.29. The molecule has 7 atom stereocenters. The molecule has 206 valence electrons. The van der Waals surface area contributed by atoms with E-state index in [2.05, 4.69) is 28.5 Å². The number of hydrogen-bond donors (Lipinski definition) is 4. The van der Waals surface area contributed by atoms with Crippen LogP contribution in [0.1, 0.15) is 64.4 Å². The van der Waals surface area contributed by atoms with Gasteiger partial charge < -0.3 is 25.5 Å². The first-order valence-electron chi connectivity index (χ1n) is 13.7. The molecule has 1 heterocycles. The third kappa shape index (κ3) is 4.38. The van der Waals surface area contributed by atoms with E-state index in [1.807, 2.05) is 19.1 Å². The van der Waals surface area contributed by atoms with Crippen LogP contribution in [0.4, 0.5) is 0 Å². The number of oxime groups is 1. The Balaban J connectivity index is 1.25. The SMILES string of the molecule is C[C@]12CC/C(=N\OCC(=O)NCc3ccncc3)C=C1CC[C@@H]1[C@@H]2[C@@H](O)C[C@@]2(C)[C@H]1CC[C@]2(O)C(=O)CO. The van der Waals surface area contributed by atoms with E-state index in [0.29, 0.717) is 25.8 Å². The summed E-state index contributed by atoms with van der Waals surface area (Å²) in [6.07, 6.45) is 9.44. The molecule has 0 aromatic carbocycles. The van der Waals surface area contributed by atoms with Crippen LogP contribution >= 0.6 is 0 Å². The van der Waals surface area contributed by atoms with Crippen LogP contribution in [0.3, 0.4) is 0 Å². The molecule has 9 nitrogen and oxygen atoms in total. The van der Waals surface area contributed by atoms with Gasteiger partial charge in [-0.25, -0.2) is 0 Å². The van der Waals surface area contributed by atoms with Crippen LogP contribution in [0.25, 0.3) is 0 Å². The summed E-state index contributed by atoms with van der Waals surface area (Å²) in [4.78, 5) is 34.1. The Hall–Kier alpha value is -2.62. The van der Waals surface area contributed by atoms with Gasteiger partial charge in [0.2, 0.25) is 0 Å². The van der Waals surface area contributed by atoms with Crippen LogP contribution in [0.15, 0.2) is 41.3 Å².